The molecule has 0 aliphatic heterocycles. The van der Waals surface area contributed by atoms with Gasteiger partial charge in [-0.2, -0.15) is 0 Å². The molecule has 0 nitrogen and oxygen atoms in total. The van der Waals surface area contributed by atoms with Crippen molar-refractivity contribution in [1.82, 2.24) is 0 Å². The number of hydrogen-bond acceptors (Lipinski definition) is 0. The second kappa shape index (κ2) is 4.27. The molecule has 0 aromatic heterocycles. The summed E-state index contributed by atoms with van der Waals surface area (Å²) in [5.74, 6) is 1.43. The van der Waals surface area contributed by atoms with E-state index in [4.69, 9.17) is 0 Å². The molecular formula is C13H16. The second-order valence-corrected chi connectivity index (χ2v) is 3.80. The van der Waals surface area contributed by atoms with Crippen molar-refractivity contribution in [2.24, 2.45) is 11.8 Å². The maximum absolute atomic E-state index is 2.29. The van der Waals surface area contributed by atoms with E-state index >= 15 is 0 Å². The van der Waals surface area contributed by atoms with Gasteiger partial charge in [0.05, 0.1) is 0 Å². The molecule has 0 bridgehead atoms. The molecule has 2 aliphatic rings. The van der Waals surface area contributed by atoms with E-state index in [1.54, 1.807) is 0 Å². The van der Waals surface area contributed by atoms with Gasteiger partial charge in [-0.25, -0.2) is 0 Å². The second-order valence-electron chi connectivity index (χ2n) is 3.80. The van der Waals surface area contributed by atoms with Crippen molar-refractivity contribution in [3.63, 3.8) is 0 Å². The largest absolute Gasteiger partial charge is 0.0776 e. The number of rotatable bonds is 4. The highest BCUT2D eigenvalue weighted by molar-refractivity contribution is 5.18. The Kier molecular flexibility index (Phi) is 2.81. The molecule has 68 valence electrons. The van der Waals surface area contributed by atoms with E-state index in [9.17, 15) is 0 Å². The minimum Gasteiger partial charge on any atom is -0.0776 e. The Morgan fingerprint density at radius 3 is 1.38 bits per heavy atom. The van der Waals surface area contributed by atoms with Crippen LogP contribution in [0.4, 0.5) is 0 Å². The SMILES string of the molecule is C1=CC(CCCC2C=CC=C2)C=C1. The van der Waals surface area contributed by atoms with Gasteiger partial charge >= 0.3 is 0 Å². The fourth-order valence-electron chi connectivity index (χ4n) is 1.93. The lowest BCUT2D eigenvalue weighted by molar-refractivity contribution is 0.583. The predicted molar refractivity (Wildman–Crippen MR) is 57.4 cm³/mol. The smallest absolute Gasteiger partial charge is 0.00473 e. The lowest BCUT2D eigenvalue weighted by Crippen LogP contribution is -1.93. The molecule has 0 heteroatoms. The molecule has 0 N–H and O–H groups in total. The van der Waals surface area contributed by atoms with Crippen LogP contribution < -0.4 is 0 Å². The van der Waals surface area contributed by atoms with Gasteiger partial charge < -0.3 is 0 Å². The summed E-state index contributed by atoms with van der Waals surface area (Å²) in [6.45, 7) is 0. The molecule has 13 heavy (non-hydrogen) atoms. The number of hydrogen-bond donors (Lipinski definition) is 0. The molecule has 0 radical (unpaired) electrons. The summed E-state index contributed by atoms with van der Waals surface area (Å²) >= 11 is 0. The first-order valence-corrected chi connectivity index (χ1v) is 5.15. The van der Waals surface area contributed by atoms with E-state index in [2.05, 4.69) is 48.6 Å². The van der Waals surface area contributed by atoms with Gasteiger partial charge in [0.2, 0.25) is 0 Å². The van der Waals surface area contributed by atoms with Gasteiger partial charge in [0.1, 0.15) is 0 Å². The molecule has 0 spiro atoms. The Bertz CT molecular complexity index is 214. The van der Waals surface area contributed by atoms with Crippen molar-refractivity contribution in [3.05, 3.63) is 48.6 Å². The monoisotopic (exact) mass is 172 g/mol. The maximum Gasteiger partial charge on any atom is -0.00473 e. The van der Waals surface area contributed by atoms with Crippen LogP contribution in [0.3, 0.4) is 0 Å². The third kappa shape index (κ3) is 2.45. The Hall–Kier alpha value is -1.04. The third-order valence-electron chi connectivity index (χ3n) is 2.73. The average molecular weight is 172 g/mol. The minimum absolute atomic E-state index is 0.717. The Balaban J connectivity index is 1.63. The van der Waals surface area contributed by atoms with Crippen LogP contribution in [0.1, 0.15) is 19.3 Å². The van der Waals surface area contributed by atoms with Crippen molar-refractivity contribution >= 4 is 0 Å². The summed E-state index contributed by atoms with van der Waals surface area (Å²) < 4.78 is 0. The topological polar surface area (TPSA) is 0 Å². The maximum atomic E-state index is 2.29. The first kappa shape index (κ1) is 8.55. The summed E-state index contributed by atoms with van der Waals surface area (Å²) in [7, 11) is 0. The van der Waals surface area contributed by atoms with Crippen molar-refractivity contribution in [1.29, 1.82) is 0 Å². The van der Waals surface area contributed by atoms with Gasteiger partial charge in [-0.15, -0.1) is 0 Å². The molecule has 0 unspecified atom stereocenters. The van der Waals surface area contributed by atoms with Crippen molar-refractivity contribution < 1.29 is 0 Å². The van der Waals surface area contributed by atoms with Crippen LogP contribution in [0.2, 0.25) is 0 Å². The first-order chi connectivity index (χ1) is 6.45. The lowest BCUT2D eigenvalue weighted by Gasteiger charge is -2.07. The van der Waals surface area contributed by atoms with Crippen molar-refractivity contribution in [3.8, 4) is 0 Å². The van der Waals surface area contributed by atoms with Crippen LogP contribution in [0, 0.1) is 11.8 Å². The van der Waals surface area contributed by atoms with E-state index in [1.807, 2.05) is 0 Å². The fourth-order valence-corrected chi connectivity index (χ4v) is 1.93. The number of allylic oxidation sites excluding steroid dienone is 8. The summed E-state index contributed by atoms with van der Waals surface area (Å²) in [6.07, 6.45) is 21.7. The molecule has 0 heterocycles. The van der Waals surface area contributed by atoms with Crippen molar-refractivity contribution in [2.75, 3.05) is 0 Å². The first-order valence-electron chi connectivity index (χ1n) is 5.15. The van der Waals surface area contributed by atoms with Gasteiger partial charge in [0.25, 0.3) is 0 Å². The van der Waals surface area contributed by atoms with E-state index in [1.165, 1.54) is 19.3 Å². The zero-order chi connectivity index (χ0) is 8.93. The van der Waals surface area contributed by atoms with Crippen molar-refractivity contribution in [2.45, 2.75) is 19.3 Å². The molecule has 0 aromatic carbocycles. The summed E-state index contributed by atoms with van der Waals surface area (Å²) in [5, 5.41) is 0. The van der Waals surface area contributed by atoms with Crippen LogP contribution in [-0.2, 0) is 0 Å². The molecule has 0 atom stereocenters. The van der Waals surface area contributed by atoms with Crippen LogP contribution in [0.25, 0.3) is 0 Å². The van der Waals surface area contributed by atoms with E-state index in [0.29, 0.717) is 0 Å². The van der Waals surface area contributed by atoms with Gasteiger partial charge in [-0.05, 0) is 24.7 Å². The molecule has 2 aliphatic carbocycles. The Morgan fingerprint density at radius 1 is 0.615 bits per heavy atom. The summed E-state index contributed by atoms with van der Waals surface area (Å²) in [4.78, 5) is 0. The van der Waals surface area contributed by atoms with Gasteiger partial charge in [-0.3, -0.25) is 0 Å². The quantitative estimate of drug-likeness (QED) is 0.607. The standard InChI is InChI=1S/C13H16/c1-2-7-12(6-1)10-5-11-13-8-3-4-9-13/h1-4,6-9,12-13H,5,10-11H2. The van der Waals surface area contributed by atoms with E-state index < -0.39 is 0 Å². The van der Waals surface area contributed by atoms with E-state index in [0.717, 1.165) is 11.8 Å². The zero-order valence-corrected chi connectivity index (χ0v) is 7.89. The Morgan fingerprint density at radius 2 is 1.00 bits per heavy atom. The molecule has 0 aromatic rings. The predicted octanol–water partition coefficient (Wildman–Crippen LogP) is 3.64. The normalized spacial score (nSPS) is 20.9. The highest BCUT2D eigenvalue weighted by Crippen LogP contribution is 2.21. The van der Waals surface area contributed by atoms with Gasteiger partial charge in [0.15, 0.2) is 0 Å². The van der Waals surface area contributed by atoms with Crippen LogP contribution in [0.5, 0.6) is 0 Å². The van der Waals surface area contributed by atoms with Gasteiger partial charge in [0, 0.05) is 0 Å². The van der Waals surface area contributed by atoms with E-state index in [-0.39, 0.29) is 0 Å². The lowest BCUT2D eigenvalue weighted by atomic mass is 9.98. The highest BCUT2D eigenvalue weighted by Gasteiger charge is 2.06. The van der Waals surface area contributed by atoms with Crippen LogP contribution in [0.15, 0.2) is 48.6 Å². The third-order valence-corrected chi connectivity index (χ3v) is 2.73. The molecule has 0 fully saturated rings. The Labute approximate surface area is 80.3 Å². The van der Waals surface area contributed by atoms with Gasteiger partial charge in [-0.1, -0.05) is 55.0 Å². The zero-order valence-electron chi connectivity index (χ0n) is 7.89. The molecule has 0 amide bonds. The van der Waals surface area contributed by atoms with Crippen LogP contribution >= 0.6 is 0 Å². The molecular weight excluding hydrogens is 156 g/mol. The summed E-state index contributed by atoms with van der Waals surface area (Å²) in [5.41, 5.74) is 0. The molecule has 2 rings (SSSR count). The highest BCUT2D eigenvalue weighted by atomic mass is 14.1. The minimum atomic E-state index is 0.717. The molecule has 0 saturated carbocycles. The average Bonchev–Trinajstić information content (AvgIpc) is 2.75. The van der Waals surface area contributed by atoms with Crippen LogP contribution in [-0.4, -0.2) is 0 Å². The molecule has 0 saturated heterocycles. The summed E-state index contributed by atoms with van der Waals surface area (Å²) in [6, 6.07) is 0. The fraction of sp³-hybridized carbons (Fsp3) is 0.385.